The summed E-state index contributed by atoms with van der Waals surface area (Å²) >= 11 is 0. The number of benzene rings is 1. The maximum atomic E-state index is 12.9. The van der Waals surface area contributed by atoms with Gasteiger partial charge in [0, 0.05) is 37.7 Å². The lowest BCUT2D eigenvalue weighted by Crippen LogP contribution is -2.36. The second-order valence-electron chi connectivity index (χ2n) is 6.74. The third-order valence-electron chi connectivity index (χ3n) is 5.18. The van der Waals surface area contributed by atoms with E-state index in [4.69, 9.17) is 4.74 Å². The lowest BCUT2D eigenvalue weighted by atomic mass is 10.1. The van der Waals surface area contributed by atoms with E-state index in [1.807, 2.05) is 29.2 Å². The van der Waals surface area contributed by atoms with E-state index in [1.165, 1.54) is 6.33 Å². The van der Waals surface area contributed by atoms with Crippen LogP contribution in [-0.2, 0) is 9.59 Å². The number of hydrogen-bond acceptors (Lipinski definition) is 5. The molecule has 1 aromatic carbocycles. The molecule has 2 unspecified atom stereocenters. The van der Waals surface area contributed by atoms with Crippen LogP contribution in [0, 0.1) is 5.92 Å². The Kier molecular flexibility index (Phi) is 4.32. The molecule has 2 fully saturated rings. The molecule has 0 spiro atoms. The molecule has 0 saturated carbocycles. The molecule has 2 atom stereocenters. The van der Waals surface area contributed by atoms with E-state index in [2.05, 4.69) is 15.2 Å². The van der Waals surface area contributed by atoms with Crippen molar-refractivity contribution in [3.05, 3.63) is 36.4 Å². The van der Waals surface area contributed by atoms with Gasteiger partial charge >= 0.3 is 0 Å². The number of rotatable bonds is 4. The van der Waals surface area contributed by atoms with Gasteiger partial charge in [0.2, 0.25) is 11.8 Å². The highest BCUT2D eigenvalue weighted by atomic mass is 16.5. The summed E-state index contributed by atoms with van der Waals surface area (Å²) in [6.07, 6.45) is 2.61. The predicted molar refractivity (Wildman–Crippen MR) is 93.8 cm³/mol. The molecule has 1 aromatic heterocycles. The molecule has 26 heavy (non-hydrogen) atoms. The molecule has 2 aromatic rings. The topological polar surface area (TPSA) is 91.4 Å². The van der Waals surface area contributed by atoms with E-state index in [0.29, 0.717) is 19.6 Å². The molecule has 2 saturated heterocycles. The number of anilines is 1. The van der Waals surface area contributed by atoms with Gasteiger partial charge in [-0.2, -0.15) is 5.10 Å². The number of amides is 2. The van der Waals surface area contributed by atoms with E-state index >= 15 is 0 Å². The van der Waals surface area contributed by atoms with Gasteiger partial charge in [0.25, 0.3) is 0 Å². The van der Waals surface area contributed by atoms with Crippen LogP contribution >= 0.6 is 0 Å². The Hall–Kier alpha value is -2.90. The molecule has 4 rings (SSSR count). The SMILES string of the molecule is COc1ccc(N2CC(C(=O)N3CCC(c4ncn[nH]4)C3)CC2=O)cc1. The number of nitrogens with zero attached hydrogens (tertiary/aromatic N) is 4. The highest BCUT2D eigenvalue weighted by Gasteiger charge is 2.39. The summed E-state index contributed by atoms with van der Waals surface area (Å²) in [7, 11) is 1.60. The van der Waals surface area contributed by atoms with Crippen molar-refractivity contribution in [2.45, 2.75) is 18.8 Å². The Morgan fingerprint density at radius 3 is 2.77 bits per heavy atom. The van der Waals surface area contributed by atoms with Crippen LogP contribution in [0.4, 0.5) is 5.69 Å². The van der Waals surface area contributed by atoms with E-state index in [1.54, 1.807) is 12.0 Å². The molecule has 2 amide bonds. The summed E-state index contributed by atoms with van der Waals surface area (Å²) in [6, 6.07) is 7.33. The summed E-state index contributed by atoms with van der Waals surface area (Å²) in [6.45, 7) is 1.74. The molecule has 8 heteroatoms. The number of aromatic amines is 1. The molecule has 2 aliphatic rings. The summed E-state index contributed by atoms with van der Waals surface area (Å²) < 4.78 is 5.15. The van der Waals surface area contributed by atoms with Crippen molar-refractivity contribution >= 4 is 17.5 Å². The quantitative estimate of drug-likeness (QED) is 0.889. The Labute approximate surface area is 151 Å². The minimum Gasteiger partial charge on any atom is -0.497 e. The van der Waals surface area contributed by atoms with Gasteiger partial charge in [0.15, 0.2) is 0 Å². The Morgan fingerprint density at radius 2 is 2.08 bits per heavy atom. The van der Waals surface area contributed by atoms with E-state index < -0.39 is 0 Å². The van der Waals surface area contributed by atoms with Gasteiger partial charge in [0.05, 0.1) is 13.0 Å². The van der Waals surface area contributed by atoms with Crippen LogP contribution in [0.25, 0.3) is 0 Å². The molecule has 136 valence electrons. The van der Waals surface area contributed by atoms with Gasteiger partial charge in [-0.15, -0.1) is 0 Å². The number of hydrogen-bond donors (Lipinski definition) is 1. The lowest BCUT2D eigenvalue weighted by Gasteiger charge is -2.21. The maximum absolute atomic E-state index is 12.9. The average Bonchev–Trinajstić information content (AvgIpc) is 3.41. The maximum Gasteiger partial charge on any atom is 0.228 e. The first-order valence-electron chi connectivity index (χ1n) is 8.74. The van der Waals surface area contributed by atoms with Gasteiger partial charge < -0.3 is 14.5 Å². The van der Waals surface area contributed by atoms with Gasteiger partial charge in [-0.05, 0) is 30.7 Å². The van der Waals surface area contributed by atoms with Gasteiger partial charge in [-0.25, -0.2) is 4.98 Å². The first-order chi connectivity index (χ1) is 12.7. The third-order valence-corrected chi connectivity index (χ3v) is 5.18. The van der Waals surface area contributed by atoms with Crippen LogP contribution in [0.1, 0.15) is 24.6 Å². The number of methoxy groups -OCH3 is 1. The minimum atomic E-state index is -0.293. The molecular formula is C18H21N5O3. The first-order valence-corrected chi connectivity index (χ1v) is 8.74. The molecule has 0 aliphatic carbocycles. The molecule has 8 nitrogen and oxygen atoms in total. The van der Waals surface area contributed by atoms with Crippen LogP contribution < -0.4 is 9.64 Å². The number of H-pyrrole nitrogens is 1. The second-order valence-corrected chi connectivity index (χ2v) is 6.74. The molecule has 3 heterocycles. The number of aromatic nitrogens is 3. The van der Waals surface area contributed by atoms with Gasteiger partial charge in [-0.3, -0.25) is 14.7 Å². The number of nitrogens with one attached hydrogen (secondary N) is 1. The standard InChI is InChI=1S/C18H21N5O3/c1-26-15-4-2-14(3-5-15)23-10-13(8-16(23)24)18(25)22-7-6-12(9-22)17-19-11-20-21-17/h2-5,11-13H,6-10H2,1H3,(H,19,20,21). The largest absolute Gasteiger partial charge is 0.497 e. The Bertz CT molecular complexity index is 790. The fourth-order valence-electron chi connectivity index (χ4n) is 3.74. The van der Waals surface area contributed by atoms with Crippen LogP contribution in [0.3, 0.4) is 0 Å². The molecular weight excluding hydrogens is 334 g/mol. The van der Waals surface area contributed by atoms with Crippen molar-refractivity contribution in [1.82, 2.24) is 20.1 Å². The summed E-state index contributed by atoms with van der Waals surface area (Å²) in [5, 5.41) is 6.76. The van der Waals surface area contributed by atoms with Crippen molar-refractivity contribution in [2.75, 3.05) is 31.6 Å². The summed E-state index contributed by atoms with van der Waals surface area (Å²) in [4.78, 5) is 33.0. The fourth-order valence-corrected chi connectivity index (χ4v) is 3.74. The fraction of sp³-hybridized carbons (Fsp3) is 0.444. The van der Waals surface area contributed by atoms with Crippen molar-refractivity contribution in [2.24, 2.45) is 5.92 Å². The van der Waals surface area contributed by atoms with Crippen LogP contribution in [0.15, 0.2) is 30.6 Å². The summed E-state index contributed by atoms with van der Waals surface area (Å²) in [5.41, 5.74) is 0.798. The van der Waals surface area contributed by atoms with E-state index in [0.717, 1.165) is 23.7 Å². The van der Waals surface area contributed by atoms with Crippen LogP contribution in [-0.4, -0.2) is 58.6 Å². The van der Waals surface area contributed by atoms with Gasteiger partial charge in [0.1, 0.15) is 17.9 Å². The van der Waals surface area contributed by atoms with Crippen LogP contribution in [0.2, 0.25) is 0 Å². The zero-order chi connectivity index (χ0) is 18.1. The van der Waals surface area contributed by atoms with Crippen LogP contribution in [0.5, 0.6) is 5.75 Å². The van der Waals surface area contributed by atoms with Gasteiger partial charge in [-0.1, -0.05) is 0 Å². The second kappa shape index (κ2) is 6.78. The summed E-state index contributed by atoms with van der Waals surface area (Å²) in [5.74, 6) is 1.50. The molecule has 0 radical (unpaired) electrons. The number of ether oxygens (including phenoxy) is 1. The van der Waals surface area contributed by atoms with E-state index in [-0.39, 0.29) is 30.1 Å². The third kappa shape index (κ3) is 3.02. The first kappa shape index (κ1) is 16.6. The molecule has 1 N–H and O–H groups in total. The van der Waals surface area contributed by atoms with Crippen molar-refractivity contribution in [1.29, 1.82) is 0 Å². The minimum absolute atomic E-state index is 0.0144. The number of carbonyl (C=O) groups is 2. The number of likely N-dealkylation sites (tertiary alicyclic amines) is 1. The average molecular weight is 355 g/mol. The van der Waals surface area contributed by atoms with Crippen molar-refractivity contribution < 1.29 is 14.3 Å². The zero-order valence-corrected chi connectivity index (χ0v) is 14.6. The number of carbonyl (C=O) groups excluding carboxylic acids is 2. The monoisotopic (exact) mass is 355 g/mol. The van der Waals surface area contributed by atoms with Crippen molar-refractivity contribution in [3.8, 4) is 5.75 Å². The lowest BCUT2D eigenvalue weighted by molar-refractivity contribution is -0.134. The van der Waals surface area contributed by atoms with Crippen molar-refractivity contribution in [3.63, 3.8) is 0 Å². The molecule has 0 bridgehead atoms. The normalized spacial score (nSPS) is 22.9. The Balaban J connectivity index is 1.41. The molecule has 2 aliphatic heterocycles. The van der Waals surface area contributed by atoms with E-state index in [9.17, 15) is 9.59 Å². The predicted octanol–water partition coefficient (Wildman–Crippen LogP) is 1.18. The highest BCUT2D eigenvalue weighted by Crippen LogP contribution is 2.30. The highest BCUT2D eigenvalue weighted by molar-refractivity contribution is 6.00. The zero-order valence-electron chi connectivity index (χ0n) is 14.6. The smallest absolute Gasteiger partial charge is 0.228 e. The Morgan fingerprint density at radius 1 is 1.27 bits per heavy atom.